The summed E-state index contributed by atoms with van der Waals surface area (Å²) in [7, 11) is -1.64. The number of methoxy groups -OCH3 is 2. The Bertz CT molecular complexity index is 1940. The number of hydrogen-bond donors (Lipinski definition) is 2. The first-order valence-corrected chi connectivity index (χ1v) is 18.2. The van der Waals surface area contributed by atoms with Crippen LogP contribution >= 0.6 is 0 Å². The van der Waals surface area contributed by atoms with Crippen molar-refractivity contribution in [1.82, 2.24) is 0 Å². The van der Waals surface area contributed by atoms with E-state index in [1.807, 2.05) is 6.92 Å². The van der Waals surface area contributed by atoms with Crippen LogP contribution < -0.4 is 18.9 Å². The van der Waals surface area contributed by atoms with Crippen molar-refractivity contribution in [3.8, 4) is 28.7 Å². The van der Waals surface area contributed by atoms with Crippen LogP contribution in [0.1, 0.15) is 41.2 Å². The molecule has 16 heteroatoms. The smallest absolute Gasteiger partial charge is 0.310 e. The molecule has 278 valence electrons. The second kappa shape index (κ2) is 13.4. The lowest BCUT2D eigenvalue weighted by atomic mass is 9.66. The summed E-state index contributed by atoms with van der Waals surface area (Å²) in [6.45, 7) is 3.42. The van der Waals surface area contributed by atoms with Gasteiger partial charge in [-0.1, -0.05) is 17.7 Å². The molecule has 8 rings (SSSR count). The maximum absolute atomic E-state index is 13.7. The molecule has 0 spiro atoms. The molecular weight excluding hydrogens is 704 g/mol. The van der Waals surface area contributed by atoms with Gasteiger partial charge >= 0.3 is 5.97 Å². The summed E-state index contributed by atoms with van der Waals surface area (Å²) in [6.07, 6.45) is -8.14. The van der Waals surface area contributed by atoms with Crippen LogP contribution in [-0.4, -0.2) is 95.8 Å². The van der Waals surface area contributed by atoms with Gasteiger partial charge in [0.2, 0.25) is 12.5 Å². The molecule has 52 heavy (non-hydrogen) atoms. The van der Waals surface area contributed by atoms with Crippen molar-refractivity contribution in [2.24, 2.45) is 11.8 Å². The van der Waals surface area contributed by atoms with E-state index in [4.69, 9.17) is 46.8 Å². The van der Waals surface area contributed by atoms with Gasteiger partial charge in [0.05, 0.1) is 44.4 Å². The number of aryl methyl sites for hydroxylation is 1. The van der Waals surface area contributed by atoms with Gasteiger partial charge in [0.25, 0.3) is 10.1 Å². The summed E-state index contributed by atoms with van der Waals surface area (Å²) >= 11 is 0. The quantitative estimate of drug-likeness (QED) is 0.253. The average molecular weight is 743 g/mol. The molecule has 0 unspecified atom stereocenters. The van der Waals surface area contributed by atoms with E-state index in [1.54, 1.807) is 43.3 Å². The van der Waals surface area contributed by atoms with E-state index in [1.165, 1.54) is 26.4 Å². The first-order valence-electron chi connectivity index (χ1n) is 16.8. The first-order chi connectivity index (χ1) is 25.0. The number of aliphatic hydroxyl groups excluding tert-OH is 1. The van der Waals surface area contributed by atoms with Crippen molar-refractivity contribution >= 4 is 16.1 Å². The van der Waals surface area contributed by atoms with Crippen LogP contribution in [0.3, 0.4) is 0 Å². The van der Waals surface area contributed by atoms with Crippen molar-refractivity contribution < 1.29 is 70.2 Å². The summed E-state index contributed by atoms with van der Waals surface area (Å²) in [5, 5.41) is 22.4. The predicted molar refractivity (Wildman–Crippen MR) is 176 cm³/mol. The zero-order chi connectivity index (χ0) is 36.5. The average Bonchev–Trinajstić information content (AvgIpc) is 3.75. The minimum Gasteiger partial charge on any atom is -0.502 e. The maximum atomic E-state index is 13.7. The number of rotatable bonds is 8. The van der Waals surface area contributed by atoms with Crippen molar-refractivity contribution in [3.63, 3.8) is 0 Å². The molecule has 3 fully saturated rings. The molecule has 0 aromatic heterocycles. The lowest BCUT2D eigenvalue weighted by molar-refractivity contribution is -0.360. The van der Waals surface area contributed by atoms with Crippen LogP contribution in [0.25, 0.3) is 0 Å². The number of aliphatic hydroxyl groups is 1. The van der Waals surface area contributed by atoms with E-state index in [-0.39, 0.29) is 42.2 Å². The normalized spacial score (nSPS) is 32.0. The summed E-state index contributed by atoms with van der Waals surface area (Å²) in [5.41, 5.74) is 2.61. The number of esters is 1. The maximum Gasteiger partial charge on any atom is 0.310 e. The molecule has 4 aliphatic heterocycles. The molecule has 5 aliphatic rings. The van der Waals surface area contributed by atoms with Crippen LogP contribution in [0.5, 0.6) is 28.7 Å². The van der Waals surface area contributed by atoms with Gasteiger partial charge in [0, 0.05) is 11.8 Å². The molecule has 3 aromatic rings. The number of benzene rings is 3. The minimum atomic E-state index is -4.46. The molecule has 3 saturated heterocycles. The molecule has 2 N–H and O–H groups in total. The van der Waals surface area contributed by atoms with Crippen molar-refractivity contribution in [1.29, 1.82) is 0 Å². The molecule has 15 nitrogen and oxygen atoms in total. The van der Waals surface area contributed by atoms with E-state index >= 15 is 0 Å². The minimum absolute atomic E-state index is 0.0281. The summed E-state index contributed by atoms with van der Waals surface area (Å²) in [6, 6.07) is 12.9. The fraction of sp³-hybridized carbons (Fsp3) is 0.472. The van der Waals surface area contributed by atoms with Crippen molar-refractivity contribution in [2.45, 2.75) is 67.8 Å². The number of phenolic OH excluding ortho intramolecular Hbond substituents is 1. The number of aromatic hydroxyl groups is 1. The Hall–Kier alpha value is -4.16. The fourth-order valence-corrected chi connectivity index (χ4v) is 8.81. The van der Waals surface area contributed by atoms with Gasteiger partial charge in [0.15, 0.2) is 41.7 Å². The third-order valence-electron chi connectivity index (χ3n) is 10.3. The number of carbonyl (C=O) groups is 1. The molecule has 3 aromatic carbocycles. The van der Waals surface area contributed by atoms with Crippen molar-refractivity contribution in [3.05, 3.63) is 70.8 Å². The molecule has 10 atom stereocenters. The summed E-state index contributed by atoms with van der Waals surface area (Å²) in [4.78, 5) is 13.6. The Morgan fingerprint density at radius 2 is 1.56 bits per heavy atom. The first kappa shape index (κ1) is 34.9. The monoisotopic (exact) mass is 742 g/mol. The molecular formula is C36H38O15S. The topological polar surface area (TPSA) is 184 Å². The zero-order valence-electron chi connectivity index (χ0n) is 28.6. The second-order valence-corrected chi connectivity index (χ2v) is 14.9. The highest BCUT2D eigenvalue weighted by Gasteiger charge is 2.57. The van der Waals surface area contributed by atoms with Crippen LogP contribution in [0.2, 0.25) is 0 Å². The Kier molecular flexibility index (Phi) is 8.97. The van der Waals surface area contributed by atoms with Gasteiger partial charge in [-0.15, -0.1) is 0 Å². The second-order valence-electron chi connectivity index (χ2n) is 13.3. The lowest BCUT2D eigenvalue weighted by Crippen LogP contribution is -2.64. The van der Waals surface area contributed by atoms with Crippen molar-refractivity contribution in [2.75, 3.05) is 34.2 Å². The third kappa shape index (κ3) is 5.91. The Morgan fingerprint density at radius 1 is 0.885 bits per heavy atom. The molecule has 0 radical (unpaired) electrons. The van der Waals surface area contributed by atoms with Crippen LogP contribution in [0.15, 0.2) is 53.4 Å². The molecule has 4 heterocycles. The molecule has 0 saturated carbocycles. The zero-order valence-corrected chi connectivity index (χ0v) is 29.4. The summed E-state index contributed by atoms with van der Waals surface area (Å²) < 4.78 is 85.7. The van der Waals surface area contributed by atoms with Gasteiger partial charge < -0.3 is 52.8 Å². The van der Waals surface area contributed by atoms with E-state index in [0.717, 1.165) is 5.56 Å². The Morgan fingerprint density at radius 3 is 2.23 bits per heavy atom. The standard InChI is InChI=1S/C36H38O15S/c1-16-5-7-19(8-6-16)52(40,41)51-34-31(38)33-27(14-44-17(2)48-33)49-36(34)50-32-21-12-24-23(46-15-47-24)11-20(21)28(29-22(32)13-45-35(29)39)18-9-25(42-3)30(37)26(10-18)43-4/h5-12,17,22,27-29,31-34,36-38H,13-15H2,1-4H3/t17-,22+,27-,28-,29+,31+,32-,33-,34-,36+/m1/s1. The fourth-order valence-electron chi connectivity index (χ4n) is 7.73. The highest BCUT2D eigenvalue weighted by Crippen LogP contribution is 2.57. The number of ether oxygens (including phenoxy) is 9. The predicted octanol–water partition coefficient (Wildman–Crippen LogP) is 3.06. The van der Waals surface area contributed by atoms with Gasteiger partial charge in [-0.3, -0.25) is 8.98 Å². The molecule has 1 aliphatic carbocycles. The lowest BCUT2D eigenvalue weighted by Gasteiger charge is -2.48. The van der Waals surface area contributed by atoms with E-state index in [2.05, 4.69) is 0 Å². The van der Waals surface area contributed by atoms with Gasteiger partial charge in [-0.2, -0.15) is 8.42 Å². The highest BCUT2D eigenvalue weighted by molar-refractivity contribution is 7.86. The van der Waals surface area contributed by atoms with Crippen LogP contribution in [-0.2, 0) is 42.8 Å². The third-order valence-corrected chi connectivity index (χ3v) is 11.6. The van der Waals surface area contributed by atoms with Crippen LogP contribution in [0.4, 0.5) is 0 Å². The van der Waals surface area contributed by atoms with E-state index < -0.39 is 76.9 Å². The van der Waals surface area contributed by atoms with Gasteiger partial charge in [-0.05, 0) is 66.9 Å². The Balaban J connectivity index is 1.22. The largest absolute Gasteiger partial charge is 0.502 e. The van der Waals surface area contributed by atoms with E-state index in [9.17, 15) is 23.4 Å². The molecule has 0 bridgehead atoms. The number of hydrogen-bond acceptors (Lipinski definition) is 15. The Labute approximate surface area is 299 Å². The summed E-state index contributed by atoms with van der Waals surface area (Å²) in [5.74, 6) is -1.71. The SMILES string of the molecule is COc1cc([C@@H]2c3cc4c(cc3[C@@H](O[C@@H]3O[C@@H]5CO[C@@H](C)O[C@H]5[C@H](O)[C@H]3OS(=O)(=O)c3ccc(C)cc3)[C@H]3COC(=O)[C@H]23)OCO4)cc(OC)c1O. The van der Waals surface area contributed by atoms with Gasteiger partial charge in [0.1, 0.15) is 18.3 Å². The van der Waals surface area contributed by atoms with Crippen LogP contribution in [0, 0.1) is 18.8 Å². The molecule has 0 amide bonds. The van der Waals surface area contributed by atoms with E-state index in [0.29, 0.717) is 28.2 Å². The number of fused-ring (bicyclic) bond motifs is 4. The van der Waals surface area contributed by atoms with Gasteiger partial charge in [-0.25, -0.2) is 0 Å². The number of carbonyl (C=O) groups excluding carboxylic acids is 1. The highest BCUT2D eigenvalue weighted by atomic mass is 32.2. The number of cyclic esters (lactones) is 1. The number of phenols is 1.